The molecule has 0 saturated heterocycles. The molecule has 0 radical (unpaired) electrons. The third kappa shape index (κ3) is 2.87. The summed E-state index contributed by atoms with van der Waals surface area (Å²) < 4.78 is 11.6. The average molecular weight is 308 g/mol. The summed E-state index contributed by atoms with van der Waals surface area (Å²) in [5.74, 6) is 0.478. The third-order valence-electron chi connectivity index (χ3n) is 3.83. The normalized spacial score (nSPS) is 20.3. The highest BCUT2D eigenvalue weighted by atomic mass is 16.6. The van der Waals surface area contributed by atoms with E-state index in [2.05, 4.69) is 0 Å². The fraction of sp³-hybridized carbons (Fsp3) is 0.250. The van der Waals surface area contributed by atoms with Crippen molar-refractivity contribution in [1.29, 1.82) is 0 Å². The number of hydrogen-bond donors (Lipinski definition) is 0. The highest BCUT2D eigenvalue weighted by Gasteiger charge is 2.42. The number of hydrogen-bond acceptors (Lipinski definition) is 3. The molecule has 1 heterocycles. The van der Waals surface area contributed by atoms with Crippen LogP contribution in [-0.2, 0) is 15.1 Å². The summed E-state index contributed by atoms with van der Waals surface area (Å²) in [6, 6.07) is 17.5. The number of benzene rings is 2. The van der Waals surface area contributed by atoms with E-state index in [1.165, 1.54) is 0 Å². The highest BCUT2D eigenvalue weighted by molar-refractivity contribution is 5.91. The molecule has 3 nitrogen and oxygen atoms in total. The van der Waals surface area contributed by atoms with Crippen LogP contribution in [0.25, 0.3) is 0 Å². The minimum atomic E-state index is -0.890. The van der Waals surface area contributed by atoms with Crippen molar-refractivity contribution in [1.82, 2.24) is 0 Å². The third-order valence-corrected chi connectivity index (χ3v) is 3.83. The molecule has 1 aliphatic rings. The molecule has 23 heavy (non-hydrogen) atoms. The Morgan fingerprint density at radius 1 is 1.00 bits per heavy atom. The smallest absolute Gasteiger partial charge is 0.335 e. The second kappa shape index (κ2) is 5.92. The minimum Gasteiger partial charge on any atom is -0.491 e. The Bertz CT molecular complexity index is 746. The van der Waals surface area contributed by atoms with Gasteiger partial charge in [0.2, 0.25) is 0 Å². The SMILES string of the molecule is CC1=CC(c2ccccc2)(c2cccc(OC(C)C)c2)OC1=O. The molecule has 118 valence electrons. The summed E-state index contributed by atoms with van der Waals surface area (Å²) in [5, 5.41) is 0. The fourth-order valence-corrected chi connectivity index (χ4v) is 2.83. The molecule has 0 amide bonds. The van der Waals surface area contributed by atoms with Crippen molar-refractivity contribution in [2.75, 3.05) is 0 Å². The van der Waals surface area contributed by atoms with E-state index in [-0.39, 0.29) is 12.1 Å². The second-order valence-corrected chi connectivity index (χ2v) is 6.01. The zero-order chi connectivity index (χ0) is 16.4. The van der Waals surface area contributed by atoms with Gasteiger partial charge in [-0.25, -0.2) is 4.79 Å². The van der Waals surface area contributed by atoms with Gasteiger partial charge in [-0.3, -0.25) is 0 Å². The van der Waals surface area contributed by atoms with E-state index < -0.39 is 5.60 Å². The van der Waals surface area contributed by atoms with Crippen molar-refractivity contribution in [2.24, 2.45) is 0 Å². The Labute approximate surface area is 136 Å². The van der Waals surface area contributed by atoms with E-state index in [4.69, 9.17) is 9.47 Å². The zero-order valence-corrected chi connectivity index (χ0v) is 13.6. The van der Waals surface area contributed by atoms with Gasteiger partial charge >= 0.3 is 5.97 Å². The zero-order valence-electron chi connectivity index (χ0n) is 13.6. The van der Waals surface area contributed by atoms with E-state index in [9.17, 15) is 4.79 Å². The maximum Gasteiger partial charge on any atom is 0.335 e. The maximum atomic E-state index is 12.1. The average Bonchev–Trinajstić information content (AvgIpc) is 2.84. The molecule has 0 spiro atoms. The van der Waals surface area contributed by atoms with Crippen LogP contribution in [-0.4, -0.2) is 12.1 Å². The Morgan fingerprint density at radius 2 is 1.70 bits per heavy atom. The van der Waals surface area contributed by atoms with Crippen LogP contribution in [0.4, 0.5) is 0 Å². The number of cyclic esters (lactones) is 1. The van der Waals surface area contributed by atoms with Crippen LogP contribution < -0.4 is 4.74 Å². The van der Waals surface area contributed by atoms with Crippen LogP contribution in [0, 0.1) is 0 Å². The first kappa shape index (κ1) is 15.3. The summed E-state index contributed by atoms with van der Waals surface area (Å²) in [7, 11) is 0. The molecule has 2 aromatic rings. The Morgan fingerprint density at radius 3 is 2.30 bits per heavy atom. The van der Waals surface area contributed by atoms with Crippen molar-refractivity contribution < 1.29 is 14.3 Å². The van der Waals surface area contributed by atoms with Gasteiger partial charge in [-0.2, -0.15) is 0 Å². The Balaban J connectivity index is 2.13. The second-order valence-electron chi connectivity index (χ2n) is 6.01. The lowest BCUT2D eigenvalue weighted by Crippen LogP contribution is -2.27. The number of esters is 1. The van der Waals surface area contributed by atoms with Crippen LogP contribution in [0.5, 0.6) is 5.75 Å². The summed E-state index contributed by atoms with van der Waals surface area (Å²) in [6.07, 6.45) is 1.97. The molecule has 0 bridgehead atoms. The quantitative estimate of drug-likeness (QED) is 0.793. The molecule has 0 N–H and O–H groups in total. The molecule has 1 atom stereocenters. The van der Waals surface area contributed by atoms with E-state index in [0.717, 1.165) is 16.9 Å². The molecule has 0 saturated carbocycles. The predicted molar refractivity (Wildman–Crippen MR) is 89.3 cm³/mol. The van der Waals surface area contributed by atoms with Gasteiger partial charge in [0, 0.05) is 16.7 Å². The molecule has 1 unspecified atom stereocenters. The van der Waals surface area contributed by atoms with Crippen molar-refractivity contribution in [2.45, 2.75) is 32.5 Å². The van der Waals surface area contributed by atoms with Gasteiger partial charge in [0.05, 0.1) is 6.10 Å². The Kier molecular flexibility index (Phi) is 3.95. The number of ether oxygens (including phenoxy) is 2. The van der Waals surface area contributed by atoms with Gasteiger partial charge in [0.25, 0.3) is 0 Å². The molecule has 1 aliphatic heterocycles. The van der Waals surface area contributed by atoms with Crippen LogP contribution in [0.2, 0.25) is 0 Å². The van der Waals surface area contributed by atoms with Crippen LogP contribution >= 0.6 is 0 Å². The van der Waals surface area contributed by atoms with E-state index in [1.807, 2.05) is 74.5 Å². The van der Waals surface area contributed by atoms with Gasteiger partial charge in [-0.1, -0.05) is 42.5 Å². The summed E-state index contributed by atoms with van der Waals surface area (Å²) in [4.78, 5) is 12.1. The largest absolute Gasteiger partial charge is 0.491 e. The monoisotopic (exact) mass is 308 g/mol. The maximum absolute atomic E-state index is 12.1. The summed E-state index contributed by atoms with van der Waals surface area (Å²) in [5.41, 5.74) is 1.53. The standard InChI is InChI=1S/C20H20O3/c1-14(2)22-18-11-7-10-17(12-18)20(13-15(3)19(21)23-20)16-8-5-4-6-9-16/h4-14H,1-3H3. The van der Waals surface area contributed by atoms with Crippen LogP contribution in [0.3, 0.4) is 0 Å². The fourth-order valence-electron chi connectivity index (χ4n) is 2.83. The van der Waals surface area contributed by atoms with Crippen molar-refractivity contribution >= 4 is 5.97 Å². The molecule has 0 aliphatic carbocycles. The highest BCUT2D eigenvalue weighted by Crippen LogP contribution is 2.41. The Hall–Kier alpha value is -2.55. The van der Waals surface area contributed by atoms with Crippen molar-refractivity contribution in [3.63, 3.8) is 0 Å². The topological polar surface area (TPSA) is 35.5 Å². The van der Waals surface area contributed by atoms with Crippen molar-refractivity contribution in [3.8, 4) is 5.75 Å². The first-order chi connectivity index (χ1) is 11.0. The van der Waals surface area contributed by atoms with Gasteiger partial charge in [0.1, 0.15) is 5.75 Å². The van der Waals surface area contributed by atoms with Gasteiger partial charge in [-0.15, -0.1) is 0 Å². The lowest BCUT2D eigenvalue weighted by atomic mass is 9.86. The first-order valence-electron chi connectivity index (χ1n) is 7.77. The molecule has 0 aromatic heterocycles. The molecule has 0 fully saturated rings. The van der Waals surface area contributed by atoms with Gasteiger partial charge in [-0.05, 0) is 39.0 Å². The van der Waals surface area contributed by atoms with E-state index >= 15 is 0 Å². The molecule has 3 heteroatoms. The van der Waals surface area contributed by atoms with Gasteiger partial charge in [0.15, 0.2) is 5.60 Å². The lowest BCUT2D eigenvalue weighted by Gasteiger charge is -2.28. The number of carbonyl (C=O) groups is 1. The molecular formula is C20H20O3. The molecule has 3 rings (SSSR count). The van der Waals surface area contributed by atoms with Crippen molar-refractivity contribution in [3.05, 3.63) is 77.4 Å². The van der Waals surface area contributed by atoms with Gasteiger partial charge < -0.3 is 9.47 Å². The van der Waals surface area contributed by atoms with Crippen LogP contribution in [0.1, 0.15) is 31.9 Å². The first-order valence-corrected chi connectivity index (χ1v) is 7.77. The number of carbonyl (C=O) groups excluding carboxylic acids is 1. The lowest BCUT2D eigenvalue weighted by molar-refractivity contribution is -0.144. The molecule has 2 aromatic carbocycles. The summed E-state index contributed by atoms with van der Waals surface area (Å²) in [6.45, 7) is 5.75. The predicted octanol–water partition coefficient (Wildman–Crippen LogP) is 4.22. The van der Waals surface area contributed by atoms with Crippen LogP contribution in [0.15, 0.2) is 66.2 Å². The van der Waals surface area contributed by atoms with E-state index in [0.29, 0.717) is 5.57 Å². The number of rotatable bonds is 4. The van der Waals surface area contributed by atoms with E-state index in [1.54, 1.807) is 6.92 Å². The summed E-state index contributed by atoms with van der Waals surface area (Å²) >= 11 is 0. The minimum absolute atomic E-state index is 0.0846. The molecular weight excluding hydrogens is 288 g/mol.